The van der Waals surface area contributed by atoms with Gasteiger partial charge in [0, 0.05) is 29.1 Å². The lowest BCUT2D eigenvalue weighted by Gasteiger charge is -2.17. The van der Waals surface area contributed by atoms with Gasteiger partial charge in [-0.05, 0) is 62.1 Å². The lowest BCUT2D eigenvalue weighted by atomic mass is 10.0. The maximum absolute atomic E-state index is 11.1. The summed E-state index contributed by atoms with van der Waals surface area (Å²) in [4.78, 5) is 20.2. The molecule has 0 saturated heterocycles. The summed E-state index contributed by atoms with van der Waals surface area (Å²) in [6.07, 6.45) is 0.619. The quantitative estimate of drug-likeness (QED) is 0.426. The molecule has 0 aliphatic rings. The predicted octanol–water partition coefficient (Wildman–Crippen LogP) is 2.39. The number of rotatable bonds is 10. The molecular weight excluding hydrogens is 424 g/mol. The van der Waals surface area contributed by atoms with Crippen LogP contribution in [-0.2, 0) is 17.6 Å². The van der Waals surface area contributed by atoms with Gasteiger partial charge in [0.25, 0.3) is 5.89 Å². The van der Waals surface area contributed by atoms with E-state index in [1.807, 2.05) is 45.0 Å². The zero-order valence-corrected chi connectivity index (χ0v) is 19.4. The molecule has 0 aliphatic heterocycles. The number of aryl methyl sites for hydroxylation is 4. The van der Waals surface area contributed by atoms with E-state index < -0.39 is 18.6 Å². The molecule has 1 atom stereocenters. The Balaban J connectivity index is 1.79. The summed E-state index contributed by atoms with van der Waals surface area (Å²) in [6.45, 7) is 7.30. The minimum Gasteiger partial charge on any atom is -0.490 e. The molecule has 1 aromatic carbocycles. The molecule has 0 spiro atoms. The van der Waals surface area contributed by atoms with Gasteiger partial charge in [-0.3, -0.25) is 9.78 Å². The highest BCUT2D eigenvalue weighted by molar-refractivity contribution is 5.76. The van der Waals surface area contributed by atoms with Gasteiger partial charge in [0.15, 0.2) is 0 Å². The van der Waals surface area contributed by atoms with Gasteiger partial charge in [-0.15, -0.1) is 0 Å². The minimum absolute atomic E-state index is 0.00301. The third kappa shape index (κ3) is 6.15. The molecule has 3 N–H and O–H groups in total. The number of aliphatic hydroxyl groups excluding tert-OH is 2. The van der Waals surface area contributed by atoms with E-state index in [-0.39, 0.29) is 13.2 Å². The first-order valence-electron chi connectivity index (χ1n) is 11.0. The van der Waals surface area contributed by atoms with E-state index in [1.54, 1.807) is 0 Å². The van der Waals surface area contributed by atoms with Crippen LogP contribution in [-0.4, -0.2) is 57.1 Å². The highest BCUT2D eigenvalue weighted by atomic mass is 16.5. The Morgan fingerprint density at radius 1 is 1.12 bits per heavy atom. The molecule has 0 aliphatic carbocycles. The summed E-state index contributed by atoms with van der Waals surface area (Å²) in [5.74, 6) is 1.05. The Morgan fingerprint density at radius 2 is 1.91 bits per heavy atom. The first-order valence-corrected chi connectivity index (χ1v) is 11.0. The number of nitrogens with one attached hydrogen (secondary N) is 1. The fourth-order valence-corrected chi connectivity index (χ4v) is 3.47. The molecule has 2 heterocycles. The van der Waals surface area contributed by atoms with Crippen molar-refractivity contribution in [3.8, 4) is 28.6 Å². The fraction of sp³-hybridized carbons (Fsp3) is 0.417. The van der Waals surface area contributed by atoms with Crippen LogP contribution in [0.15, 0.2) is 28.8 Å². The number of ether oxygens (including phenoxy) is 1. The van der Waals surface area contributed by atoms with Crippen molar-refractivity contribution in [2.45, 2.75) is 46.6 Å². The molecule has 0 radical (unpaired) electrons. The normalized spacial score (nSPS) is 11.9. The predicted molar refractivity (Wildman–Crippen MR) is 123 cm³/mol. The van der Waals surface area contributed by atoms with Crippen LogP contribution < -0.4 is 10.1 Å². The van der Waals surface area contributed by atoms with Gasteiger partial charge in [-0.1, -0.05) is 19.0 Å². The molecule has 0 fully saturated rings. The Hall–Kier alpha value is -3.30. The summed E-state index contributed by atoms with van der Waals surface area (Å²) in [7, 11) is 0. The molecule has 0 saturated carbocycles. The second-order valence-electron chi connectivity index (χ2n) is 7.83. The molecule has 3 rings (SSSR count). The van der Waals surface area contributed by atoms with Gasteiger partial charge in [0.2, 0.25) is 11.7 Å². The van der Waals surface area contributed by atoms with E-state index in [1.165, 1.54) is 0 Å². The fourth-order valence-electron chi connectivity index (χ4n) is 3.47. The average molecular weight is 455 g/mol. The van der Waals surface area contributed by atoms with Crippen LogP contribution in [0, 0.1) is 13.8 Å². The standard InChI is InChI=1S/C24H30N4O5/c1-5-16-9-18(7-14(3)22(16)32-13-20(30)11-25-21(31)12-29)24-27-23(28-33-24)17-8-15(4)26-19(6-2)10-17/h7-10,20,29-30H,5-6,11-13H2,1-4H3,(H,25,31)/t20-/m0/s1. The summed E-state index contributed by atoms with van der Waals surface area (Å²) in [5.41, 5.74) is 5.32. The number of hydrogen-bond donors (Lipinski definition) is 3. The van der Waals surface area contributed by atoms with Crippen LogP contribution in [0.3, 0.4) is 0 Å². The Labute approximate surface area is 192 Å². The zero-order chi connectivity index (χ0) is 24.0. The molecule has 2 aromatic heterocycles. The molecule has 9 heteroatoms. The molecule has 9 nitrogen and oxygen atoms in total. The van der Waals surface area contributed by atoms with Crippen molar-refractivity contribution < 1.29 is 24.3 Å². The lowest BCUT2D eigenvalue weighted by Crippen LogP contribution is -2.36. The number of aromatic nitrogens is 3. The monoisotopic (exact) mass is 454 g/mol. The smallest absolute Gasteiger partial charge is 0.258 e. The molecular formula is C24H30N4O5. The number of hydrogen-bond acceptors (Lipinski definition) is 8. The van der Waals surface area contributed by atoms with Gasteiger partial charge in [0.1, 0.15) is 25.1 Å². The van der Waals surface area contributed by atoms with Crippen LogP contribution in [0.25, 0.3) is 22.8 Å². The number of aliphatic hydroxyl groups is 2. The number of carbonyl (C=O) groups is 1. The van der Waals surface area contributed by atoms with Gasteiger partial charge >= 0.3 is 0 Å². The summed E-state index contributed by atoms with van der Waals surface area (Å²) < 4.78 is 11.4. The van der Waals surface area contributed by atoms with E-state index in [0.717, 1.165) is 40.1 Å². The summed E-state index contributed by atoms with van der Waals surface area (Å²) in [6, 6.07) is 7.74. The average Bonchev–Trinajstić information content (AvgIpc) is 3.31. The van der Waals surface area contributed by atoms with Crippen molar-refractivity contribution in [2.24, 2.45) is 0 Å². The third-order valence-corrected chi connectivity index (χ3v) is 5.13. The highest BCUT2D eigenvalue weighted by Gasteiger charge is 2.17. The molecule has 3 aromatic rings. The number of pyridine rings is 1. The van der Waals surface area contributed by atoms with E-state index >= 15 is 0 Å². The number of benzene rings is 1. The maximum atomic E-state index is 11.1. The molecule has 33 heavy (non-hydrogen) atoms. The Kier molecular flexibility index (Phi) is 8.13. The zero-order valence-electron chi connectivity index (χ0n) is 19.4. The molecule has 0 bridgehead atoms. The Bertz CT molecular complexity index is 1110. The second kappa shape index (κ2) is 11.0. The first-order chi connectivity index (χ1) is 15.8. The van der Waals surface area contributed by atoms with Gasteiger partial charge in [-0.25, -0.2) is 0 Å². The second-order valence-corrected chi connectivity index (χ2v) is 7.83. The van der Waals surface area contributed by atoms with E-state index in [2.05, 4.69) is 27.4 Å². The van der Waals surface area contributed by atoms with E-state index in [4.69, 9.17) is 14.4 Å². The van der Waals surface area contributed by atoms with Crippen molar-refractivity contribution in [3.63, 3.8) is 0 Å². The van der Waals surface area contributed by atoms with Crippen molar-refractivity contribution >= 4 is 5.91 Å². The molecule has 176 valence electrons. The lowest BCUT2D eigenvalue weighted by molar-refractivity contribution is -0.124. The highest BCUT2D eigenvalue weighted by Crippen LogP contribution is 2.31. The summed E-state index contributed by atoms with van der Waals surface area (Å²) >= 11 is 0. The maximum Gasteiger partial charge on any atom is 0.258 e. The number of carbonyl (C=O) groups excluding carboxylic acids is 1. The number of nitrogens with zero attached hydrogens (tertiary/aromatic N) is 3. The third-order valence-electron chi connectivity index (χ3n) is 5.13. The largest absolute Gasteiger partial charge is 0.490 e. The van der Waals surface area contributed by atoms with Crippen molar-refractivity contribution in [1.82, 2.24) is 20.4 Å². The van der Waals surface area contributed by atoms with Crippen LogP contribution in [0.2, 0.25) is 0 Å². The van der Waals surface area contributed by atoms with Crippen molar-refractivity contribution in [2.75, 3.05) is 19.8 Å². The molecule has 1 amide bonds. The van der Waals surface area contributed by atoms with Crippen molar-refractivity contribution in [1.29, 1.82) is 0 Å². The van der Waals surface area contributed by atoms with Crippen LogP contribution in [0.5, 0.6) is 5.75 Å². The van der Waals surface area contributed by atoms with E-state index in [9.17, 15) is 9.90 Å². The van der Waals surface area contributed by atoms with Crippen LogP contribution in [0.4, 0.5) is 0 Å². The van der Waals surface area contributed by atoms with Gasteiger partial charge < -0.3 is 24.8 Å². The summed E-state index contributed by atoms with van der Waals surface area (Å²) in [5, 5.41) is 25.4. The van der Waals surface area contributed by atoms with Crippen molar-refractivity contribution in [3.05, 3.63) is 46.8 Å². The van der Waals surface area contributed by atoms with Crippen LogP contribution >= 0.6 is 0 Å². The topological polar surface area (TPSA) is 131 Å². The van der Waals surface area contributed by atoms with Crippen LogP contribution in [0.1, 0.15) is 36.4 Å². The Morgan fingerprint density at radius 3 is 2.61 bits per heavy atom. The van der Waals surface area contributed by atoms with Gasteiger partial charge in [0.05, 0.1) is 0 Å². The molecule has 0 unspecified atom stereocenters. The minimum atomic E-state index is -0.903. The van der Waals surface area contributed by atoms with E-state index in [0.29, 0.717) is 23.9 Å². The SMILES string of the molecule is CCc1cc(-c2noc(-c3cc(C)c(OC[C@@H](O)CNC(=O)CO)c(CC)c3)n2)cc(C)n1. The first kappa shape index (κ1) is 24.3. The van der Waals surface area contributed by atoms with Gasteiger partial charge in [-0.2, -0.15) is 4.98 Å². The number of amides is 1.